The molecule has 0 saturated carbocycles. The number of rotatable bonds is 1. The first-order valence-electron chi connectivity index (χ1n) is 3.99. The molecule has 1 aromatic rings. The van der Waals surface area contributed by atoms with E-state index in [0.717, 1.165) is 10.0 Å². The lowest BCUT2D eigenvalue weighted by molar-refractivity contribution is -0.135. The van der Waals surface area contributed by atoms with Crippen LogP contribution in [0.3, 0.4) is 0 Å². The molecule has 74 valence electrons. The average molecular weight is 257 g/mol. The van der Waals surface area contributed by atoms with E-state index in [9.17, 15) is 9.59 Å². The molecule has 1 aromatic carbocycles. The molecule has 3 nitrogen and oxygen atoms in total. The van der Waals surface area contributed by atoms with Crippen molar-refractivity contribution in [2.24, 2.45) is 0 Å². The Hall–Kier alpha value is -1.16. The number of esters is 2. The highest BCUT2D eigenvalue weighted by Gasteiger charge is 2.12. The van der Waals surface area contributed by atoms with Crippen molar-refractivity contribution in [1.29, 1.82) is 0 Å². The predicted octanol–water partition coefficient (Wildman–Crippen LogP) is 2.46. The molecule has 0 spiro atoms. The minimum Gasteiger partial charge on any atom is -0.390 e. The van der Waals surface area contributed by atoms with Gasteiger partial charge in [0.1, 0.15) is 0 Å². The molecule has 0 aliphatic carbocycles. The van der Waals surface area contributed by atoms with E-state index in [1.54, 1.807) is 19.1 Å². The summed E-state index contributed by atoms with van der Waals surface area (Å²) in [5.74, 6) is -1.22. The number of hydrogen-bond acceptors (Lipinski definition) is 3. The molecule has 0 saturated heterocycles. The van der Waals surface area contributed by atoms with Crippen LogP contribution in [0, 0.1) is 6.92 Å². The fourth-order valence-electron chi connectivity index (χ4n) is 1.000. The quantitative estimate of drug-likeness (QED) is 0.573. The first kappa shape index (κ1) is 10.9. The van der Waals surface area contributed by atoms with Crippen molar-refractivity contribution in [2.75, 3.05) is 0 Å². The van der Waals surface area contributed by atoms with E-state index < -0.39 is 11.9 Å². The topological polar surface area (TPSA) is 43.4 Å². The van der Waals surface area contributed by atoms with Gasteiger partial charge in [-0.25, -0.2) is 4.79 Å². The lowest BCUT2D eigenvalue weighted by Crippen LogP contribution is -2.10. The molecule has 0 atom stereocenters. The molecule has 0 aliphatic heterocycles. The van der Waals surface area contributed by atoms with E-state index in [2.05, 4.69) is 20.7 Å². The number of carbonyl (C=O) groups is 2. The summed E-state index contributed by atoms with van der Waals surface area (Å²) in [5.41, 5.74) is 1.18. The molecule has 0 N–H and O–H groups in total. The highest BCUT2D eigenvalue weighted by molar-refractivity contribution is 9.10. The summed E-state index contributed by atoms with van der Waals surface area (Å²) in [6.45, 7) is 2.98. The Morgan fingerprint density at radius 1 is 1.36 bits per heavy atom. The monoisotopic (exact) mass is 256 g/mol. The highest BCUT2D eigenvalue weighted by atomic mass is 79.9. The Morgan fingerprint density at radius 3 is 2.57 bits per heavy atom. The zero-order valence-electron chi connectivity index (χ0n) is 7.83. The highest BCUT2D eigenvalue weighted by Crippen LogP contribution is 2.16. The summed E-state index contributed by atoms with van der Waals surface area (Å²) in [6, 6.07) is 5.22. The molecule has 0 amide bonds. The second-order valence-electron chi connectivity index (χ2n) is 2.84. The molecule has 0 aliphatic rings. The van der Waals surface area contributed by atoms with E-state index >= 15 is 0 Å². The lowest BCUT2D eigenvalue weighted by atomic mass is 10.1. The van der Waals surface area contributed by atoms with Crippen LogP contribution in [0.1, 0.15) is 22.8 Å². The number of aryl methyl sites for hydroxylation is 1. The Labute approximate surface area is 90.2 Å². The summed E-state index contributed by atoms with van der Waals surface area (Å²) >= 11 is 3.24. The third-order valence-electron chi connectivity index (χ3n) is 1.66. The molecule has 14 heavy (non-hydrogen) atoms. The maximum absolute atomic E-state index is 11.4. The Kier molecular flexibility index (Phi) is 3.41. The fraction of sp³-hybridized carbons (Fsp3) is 0.200. The maximum atomic E-state index is 11.4. The predicted molar refractivity (Wildman–Crippen MR) is 55.0 cm³/mol. The molecular formula is C10H9BrO3. The molecule has 0 radical (unpaired) electrons. The summed E-state index contributed by atoms with van der Waals surface area (Å²) in [5, 5.41) is 0. The van der Waals surface area contributed by atoms with Crippen molar-refractivity contribution in [3.8, 4) is 0 Å². The van der Waals surface area contributed by atoms with Crippen molar-refractivity contribution in [3.63, 3.8) is 0 Å². The zero-order valence-corrected chi connectivity index (χ0v) is 9.42. The van der Waals surface area contributed by atoms with Gasteiger partial charge in [-0.15, -0.1) is 0 Å². The van der Waals surface area contributed by atoms with Gasteiger partial charge in [-0.05, 0) is 24.6 Å². The van der Waals surface area contributed by atoms with E-state index in [1.165, 1.54) is 6.92 Å². The molecule has 4 heteroatoms. The second kappa shape index (κ2) is 4.37. The standard InChI is InChI=1S/C10H9BrO3/c1-6-3-4-8(11)5-9(6)10(13)14-7(2)12/h3-5H,1-2H3. The first-order chi connectivity index (χ1) is 6.50. The third-order valence-corrected chi connectivity index (χ3v) is 2.15. The molecular weight excluding hydrogens is 248 g/mol. The van der Waals surface area contributed by atoms with E-state index in [1.807, 2.05) is 6.07 Å². The average Bonchev–Trinajstić information content (AvgIpc) is 2.08. The van der Waals surface area contributed by atoms with Crippen molar-refractivity contribution in [1.82, 2.24) is 0 Å². The summed E-state index contributed by atoms with van der Waals surface area (Å²) in [7, 11) is 0. The molecule has 0 fully saturated rings. The Bertz CT molecular complexity index is 385. The number of ether oxygens (including phenoxy) is 1. The molecule has 0 unspecified atom stereocenters. The van der Waals surface area contributed by atoms with Gasteiger partial charge in [0.15, 0.2) is 0 Å². The molecule has 0 aromatic heterocycles. The van der Waals surface area contributed by atoms with Crippen LogP contribution in [0.15, 0.2) is 22.7 Å². The van der Waals surface area contributed by atoms with Gasteiger partial charge in [-0.3, -0.25) is 4.79 Å². The van der Waals surface area contributed by atoms with Crippen molar-refractivity contribution < 1.29 is 14.3 Å². The van der Waals surface area contributed by atoms with Gasteiger partial charge in [-0.2, -0.15) is 0 Å². The van der Waals surface area contributed by atoms with Crippen LogP contribution in [-0.4, -0.2) is 11.9 Å². The van der Waals surface area contributed by atoms with E-state index in [4.69, 9.17) is 0 Å². The van der Waals surface area contributed by atoms with Crippen LogP contribution in [-0.2, 0) is 9.53 Å². The Morgan fingerprint density at radius 2 is 2.00 bits per heavy atom. The van der Waals surface area contributed by atoms with Gasteiger partial charge in [0.25, 0.3) is 0 Å². The minimum atomic E-state index is -0.615. The van der Waals surface area contributed by atoms with Gasteiger partial charge in [-0.1, -0.05) is 22.0 Å². The van der Waals surface area contributed by atoms with Crippen molar-refractivity contribution >= 4 is 27.9 Å². The summed E-state index contributed by atoms with van der Waals surface area (Å²) in [6.07, 6.45) is 0. The van der Waals surface area contributed by atoms with Crippen LogP contribution in [0.5, 0.6) is 0 Å². The fourth-order valence-corrected chi connectivity index (χ4v) is 1.36. The van der Waals surface area contributed by atoms with Gasteiger partial charge in [0, 0.05) is 11.4 Å². The lowest BCUT2D eigenvalue weighted by Gasteiger charge is -2.04. The normalized spacial score (nSPS) is 9.64. The SMILES string of the molecule is CC(=O)OC(=O)c1cc(Br)ccc1C. The maximum Gasteiger partial charge on any atom is 0.346 e. The van der Waals surface area contributed by atoms with Crippen LogP contribution < -0.4 is 0 Å². The van der Waals surface area contributed by atoms with Crippen LogP contribution >= 0.6 is 15.9 Å². The zero-order chi connectivity index (χ0) is 10.7. The van der Waals surface area contributed by atoms with Crippen LogP contribution in [0.4, 0.5) is 0 Å². The summed E-state index contributed by atoms with van der Waals surface area (Å²) in [4.78, 5) is 21.9. The van der Waals surface area contributed by atoms with Crippen LogP contribution in [0.2, 0.25) is 0 Å². The number of halogens is 1. The molecule has 0 heterocycles. The van der Waals surface area contributed by atoms with E-state index in [-0.39, 0.29) is 0 Å². The van der Waals surface area contributed by atoms with Crippen molar-refractivity contribution in [2.45, 2.75) is 13.8 Å². The number of hydrogen-bond donors (Lipinski definition) is 0. The van der Waals surface area contributed by atoms with E-state index in [0.29, 0.717) is 5.56 Å². The number of benzene rings is 1. The third kappa shape index (κ3) is 2.67. The Balaban J connectivity index is 3.00. The van der Waals surface area contributed by atoms with Gasteiger partial charge < -0.3 is 4.74 Å². The van der Waals surface area contributed by atoms with Crippen LogP contribution in [0.25, 0.3) is 0 Å². The first-order valence-corrected chi connectivity index (χ1v) is 4.79. The summed E-state index contributed by atoms with van der Waals surface area (Å²) < 4.78 is 5.25. The molecule has 0 bridgehead atoms. The van der Waals surface area contributed by atoms with Gasteiger partial charge in [0.2, 0.25) is 0 Å². The minimum absolute atomic E-state index is 0.398. The smallest absolute Gasteiger partial charge is 0.346 e. The van der Waals surface area contributed by atoms with Gasteiger partial charge in [0.05, 0.1) is 5.56 Å². The largest absolute Gasteiger partial charge is 0.390 e. The molecule has 1 rings (SSSR count). The second-order valence-corrected chi connectivity index (χ2v) is 3.76. The van der Waals surface area contributed by atoms with Gasteiger partial charge >= 0.3 is 11.9 Å². The van der Waals surface area contributed by atoms with Crippen molar-refractivity contribution in [3.05, 3.63) is 33.8 Å². The number of carbonyl (C=O) groups excluding carboxylic acids is 2.